The van der Waals surface area contributed by atoms with Crippen LogP contribution in [0.2, 0.25) is 0 Å². The lowest BCUT2D eigenvalue weighted by Gasteiger charge is -2.25. The largest absolute Gasteiger partial charge is 0.641 e. The van der Waals surface area contributed by atoms with Crippen LogP contribution in [0.5, 0.6) is 0 Å². The predicted octanol–water partition coefficient (Wildman–Crippen LogP) is 6.57. The summed E-state index contributed by atoms with van der Waals surface area (Å²) in [7, 11) is -0.692. The molecule has 0 heterocycles. The fourth-order valence-corrected chi connectivity index (χ4v) is 4.20. The Morgan fingerprint density at radius 1 is 0.720 bits per heavy atom. The van der Waals surface area contributed by atoms with E-state index in [1.807, 2.05) is 11.8 Å². The smallest absolute Gasteiger partial charge is 0.374 e. The molecule has 0 amide bonds. The van der Waals surface area contributed by atoms with Gasteiger partial charge in [-0.3, -0.25) is 0 Å². The minimum absolute atomic E-state index is 0.0981. The number of thioether (sulfide) groups is 1. The molecule has 0 aliphatic carbocycles. The number of thiol groups is 2. The van der Waals surface area contributed by atoms with Crippen LogP contribution in [0.1, 0.15) is 91.9 Å². The first-order valence-corrected chi connectivity index (χ1v) is 12.1. The Balaban J connectivity index is 4.52. The Labute approximate surface area is 172 Å². The highest BCUT2D eigenvalue weighted by atomic mass is 32.2. The number of hydrogen-bond acceptors (Lipinski definition) is 6. The van der Waals surface area contributed by atoms with Crippen molar-refractivity contribution in [3.63, 3.8) is 0 Å². The van der Waals surface area contributed by atoms with Gasteiger partial charge in [0.1, 0.15) is 0 Å². The third-order valence-electron chi connectivity index (χ3n) is 3.70. The van der Waals surface area contributed by atoms with Crippen molar-refractivity contribution in [3.8, 4) is 0 Å². The van der Waals surface area contributed by atoms with Crippen LogP contribution in [0, 0.1) is 0 Å². The van der Waals surface area contributed by atoms with E-state index in [9.17, 15) is 0 Å². The Hall–Kier alpha value is 0.995. The van der Waals surface area contributed by atoms with Gasteiger partial charge in [0.25, 0.3) is 0 Å². The van der Waals surface area contributed by atoms with Crippen LogP contribution in [-0.2, 0) is 14.0 Å². The maximum absolute atomic E-state index is 6.15. The Bertz CT molecular complexity index is 274. The fourth-order valence-electron chi connectivity index (χ4n) is 2.28. The molecule has 0 saturated carbocycles. The van der Waals surface area contributed by atoms with Crippen molar-refractivity contribution in [1.82, 2.24) is 0 Å². The van der Waals surface area contributed by atoms with Crippen molar-refractivity contribution >= 4 is 44.3 Å². The Morgan fingerprint density at radius 2 is 1.28 bits per heavy atom. The van der Waals surface area contributed by atoms with E-state index in [0.29, 0.717) is 0 Å². The lowest BCUT2D eigenvalue weighted by atomic mass is 10.2. The van der Waals surface area contributed by atoms with Crippen molar-refractivity contribution < 1.29 is 14.0 Å². The molecule has 0 aliphatic rings. The molecule has 0 bridgehead atoms. The van der Waals surface area contributed by atoms with Gasteiger partial charge in [-0.2, -0.15) is 0 Å². The van der Waals surface area contributed by atoms with E-state index in [1.54, 1.807) is 0 Å². The summed E-state index contributed by atoms with van der Waals surface area (Å²) in [6, 6.07) is 0. The fraction of sp³-hybridized carbons (Fsp3) is 1.00. The molecule has 150 valence electrons. The van der Waals surface area contributed by atoms with Crippen molar-refractivity contribution in [1.29, 1.82) is 0 Å². The molecular formula is C18H39BO3S3. The zero-order valence-corrected chi connectivity index (χ0v) is 19.2. The van der Waals surface area contributed by atoms with E-state index in [-0.39, 0.29) is 16.3 Å². The molecule has 0 radical (unpaired) electrons. The second-order valence-corrected chi connectivity index (χ2v) is 8.75. The molecule has 0 aromatic carbocycles. The zero-order valence-electron chi connectivity index (χ0n) is 16.6. The third kappa shape index (κ3) is 15.7. The van der Waals surface area contributed by atoms with Gasteiger partial charge in [0.2, 0.25) is 0 Å². The van der Waals surface area contributed by atoms with Crippen LogP contribution in [0.3, 0.4) is 0 Å². The first-order chi connectivity index (χ1) is 12.1. The minimum atomic E-state index is -0.692. The van der Waals surface area contributed by atoms with Crippen molar-refractivity contribution in [2.45, 2.75) is 108 Å². The van der Waals surface area contributed by atoms with Crippen LogP contribution >= 0.6 is 37.0 Å². The number of hydrogen-bond donors (Lipinski definition) is 2. The molecule has 25 heavy (non-hydrogen) atoms. The lowest BCUT2D eigenvalue weighted by Crippen LogP contribution is -2.36. The molecule has 0 aromatic rings. The standard InChI is InChI=1S/C18H39BO3S3/c1-5-9-10-11-15-25-18(14-8-4)22-19(20-16(23)12-6-2)21-17(24)13-7-3/h16-18,23-24H,5-15H2,1-4H3. The van der Waals surface area contributed by atoms with Gasteiger partial charge in [0.15, 0.2) is 0 Å². The molecule has 3 atom stereocenters. The van der Waals surface area contributed by atoms with E-state index < -0.39 is 7.32 Å². The normalized spacial score (nSPS) is 15.1. The minimum Gasteiger partial charge on any atom is -0.374 e. The number of unbranched alkanes of at least 4 members (excludes halogenated alkanes) is 3. The highest BCUT2D eigenvalue weighted by Gasteiger charge is 2.30. The molecule has 0 N–H and O–H groups in total. The summed E-state index contributed by atoms with van der Waals surface area (Å²) in [5, 5.41) is 0. The van der Waals surface area contributed by atoms with Crippen LogP contribution < -0.4 is 0 Å². The van der Waals surface area contributed by atoms with Gasteiger partial charge < -0.3 is 14.0 Å². The topological polar surface area (TPSA) is 27.7 Å². The number of rotatable bonds is 18. The molecule has 0 aromatic heterocycles. The molecule has 0 spiro atoms. The average molecular weight is 411 g/mol. The highest BCUT2D eigenvalue weighted by molar-refractivity contribution is 7.99. The molecule has 0 rings (SSSR count). The summed E-state index contributed by atoms with van der Waals surface area (Å²) in [5.41, 5.74) is -0.246. The van der Waals surface area contributed by atoms with E-state index in [1.165, 1.54) is 25.7 Å². The summed E-state index contributed by atoms with van der Waals surface area (Å²) in [6.45, 7) is 8.66. The lowest BCUT2D eigenvalue weighted by molar-refractivity contribution is 0.0640. The van der Waals surface area contributed by atoms with Crippen LogP contribution in [0.4, 0.5) is 0 Å². The molecule has 7 heteroatoms. The third-order valence-corrected chi connectivity index (χ3v) is 5.70. The van der Waals surface area contributed by atoms with Gasteiger partial charge in [-0.05, 0) is 31.4 Å². The highest BCUT2D eigenvalue weighted by Crippen LogP contribution is 2.23. The maximum atomic E-state index is 6.15. The second-order valence-electron chi connectivity index (χ2n) is 6.33. The molecule has 0 aliphatic heterocycles. The van der Waals surface area contributed by atoms with Gasteiger partial charge in [0, 0.05) is 0 Å². The second kappa shape index (κ2) is 18.4. The Kier molecular flexibility index (Phi) is 19.1. The SMILES string of the molecule is CCCCCCSC(CCC)OB(OC(S)CCC)OC(S)CCC. The van der Waals surface area contributed by atoms with E-state index in [2.05, 4.69) is 53.0 Å². The van der Waals surface area contributed by atoms with E-state index >= 15 is 0 Å². The van der Waals surface area contributed by atoms with Crippen molar-refractivity contribution in [2.75, 3.05) is 5.75 Å². The summed E-state index contributed by atoms with van der Waals surface area (Å²) in [5.74, 6) is 1.12. The predicted molar refractivity (Wildman–Crippen MR) is 120 cm³/mol. The van der Waals surface area contributed by atoms with E-state index in [0.717, 1.165) is 44.3 Å². The van der Waals surface area contributed by atoms with Gasteiger partial charge in [0.05, 0.1) is 16.3 Å². The van der Waals surface area contributed by atoms with Crippen LogP contribution in [0.15, 0.2) is 0 Å². The molecule has 3 nitrogen and oxygen atoms in total. The maximum Gasteiger partial charge on any atom is 0.641 e. The van der Waals surface area contributed by atoms with Crippen molar-refractivity contribution in [2.24, 2.45) is 0 Å². The summed E-state index contributed by atoms with van der Waals surface area (Å²) in [4.78, 5) is 0. The summed E-state index contributed by atoms with van der Waals surface area (Å²) >= 11 is 10.9. The van der Waals surface area contributed by atoms with Gasteiger partial charge >= 0.3 is 7.32 Å². The Morgan fingerprint density at radius 3 is 1.76 bits per heavy atom. The molecule has 3 unspecified atom stereocenters. The molecular weight excluding hydrogens is 371 g/mol. The average Bonchev–Trinajstić information content (AvgIpc) is 2.55. The van der Waals surface area contributed by atoms with Crippen LogP contribution in [-0.4, -0.2) is 29.4 Å². The summed E-state index contributed by atoms with van der Waals surface area (Å²) in [6.07, 6.45) is 11.0. The van der Waals surface area contributed by atoms with Gasteiger partial charge in [-0.1, -0.05) is 66.2 Å². The zero-order chi connectivity index (χ0) is 18.9. The first-order valence-electron chi connectivity index (χ1n) is 10.0. The van der Waals surface area contributed by atoms with E-state index in [4.69, 9.17) is 14.0 Å². The molecule has 0 saturated heterocycles. The van der Waals surface area contributed by atoms with Crippen molar-refractivity contribution in [3.05, 3.63) is 0 Å². The first kappa shape index (κ1) is 26.0. The van der Waals surface area contributed by atoms with Crippen LogP contribution in [0.25, 0.3) is 0 Å². The monoisotopic (exact) mass is 410 g/mol. The quantitative estimate of drug-likeness (QED) is 0.116. The molecule has 0 fully saturated rings. The van der Waals surface area contributed by atoms with Gasteiger partial charge in [-0.15, -0.1) is 37.0 Å². The van der Waals surface area contributed by atoms with Gasteiger partial charge in [-0.25, -0.2) is 0 Å². The summed E-state index contributed by atoms with van der Waals surface area (Å²) < 4.78 is 17.9.